The molecule has 7 nitrogen and oxygen atoms in total. The van der Waals surface area contributed by atoms with Crippen molar-refractivity contribution in [2.75, 3.05) is 38.6 Å². The number of non-ortho nitro benzene ring substituents is 1. The van der Waals surface area contributed by atoms with E-state index in [0.717, 1.165) is 43.6 Å². The molecule has 1 heterocycles. The number of anilines is 1. The topological polar surface area (TPSA) is 78.7 Å². The van der Waals surface area contributed by atoms with Gasteiger partial charge in [0.1, 0.15) is 0 Å². The zero-order valence-electron chi connectivity index (χ0n) is 17.9. The second-order valence-corrected chi connectivity index (χ2v) is 7.94. The molecule has 0 aromatic heterocycles. The lowest BCUT2D eigenvalue weighted by atomic mass is 10.0. The second-order valence-electron chi connectivity index (χ2n) is 7.94. The van der Waals surface area contributed by atoms with Gasteiger partial charge < -0.3 is 15.1 Å². The van der Waals surface area contributed by atoms with Crippen molar-refractivity contribution in [2.24, 2.45) is 0 Å². The molecule has 7 heteroatoms. The Morgan fingerprint density at radius 3 is 2.40 bits per heavy atom. The summed E-state index contributed by atoms with van der Waals surface area (Å²) in [6.07, 6.45) is 3.11. The second kappa shape index (κ2) is 9.71. The smallest absolute Gasteiger partial charge is 0.270 e. The first-order valence-corrected chi connectivity index (χ1v) is 10.5. The summed E-state index contributed by atoms with van der Waals surface area (Å²) in [5.41, 5.74) is 3.46. The van der Waals surface area contributed by atoms with Crippen LogP contribution in [0.5, 0.6) is 0 Å². The molecule has 1 N–H and O–H groups in total. The molecule has 30 heavy (non-hydrogen) atoms. The van der Waals surface area contributed by atoms with Crippen molar-refractivity contribution in [1.82, 2.24) is 10.2 Å². The number of rotatable bonds is 8. The van der Waals surface area contributed by atoms with Crippen LogP contribution >= 0.6 is 0 Å². The maximum absolute atomic E-state index is 13.1. The molecule has 1 aliphatic rings. The number of likely N-dealkylation sites (N-methyl/N-ethyl adjacent to an activating group) is 1. The molecule has 1 aliphatic heterocycles. The van der Waals surface area contributed by atoms with Gasteiger partial charge in [0.05, 0.1) is 22.2 Å². The highest BCUT2D eigenvalue weighted by Gasteiger charge is 2.23. The van der Waals surface area contributed by atoms with E-state index in [-0.39, 0.29) is 17.6 Å². The van der Waals surface area contributed by atoms with Crippen molar-refractivity contribution in [1.29, 1.82) is 0 Å². The summed E-state index contributed by atoms with van der Waals surface area (Å²) in [5.74, 6) is -0.280. The van der Waals surface area contributed by atoms with Crippen molar-refractivity contribution in [3.8, 4) is 0 Å². The molecule has 2 aromatic rings. The number of hydrogen-bond acceptors (Lipinski definition) is 5. The average molecular weight is 411 g/mol. The van der Waals surface area contributed by atoms with Crippen LogP contribution in [0.4, 0.5) is 11.4 Å². The van der Waals surface area contributed by atoms with E-state index in [0.29, 0.717) is 12.1 Å². The minimum Gasteiger partial charge on any atom is -0.371 e. The van der Waals surface area contributed by atoms with Crippen molar-refractivity contribution in [3.05, 3.63) is 69.3 Å². The van der Waals surface area contributed by atoms with Gasteiger partial charge in [-0.3, -0.25) is 14.9 Å². The van der Waals surface area contributed by atoms with Crippen LogP contribution in [0.1, 0.15) is 47.3 Å². The first-order valence-electron chi connectivity index (χ1n) is 10.5. The average Bonchev–Trinajstić information content (AvgIpc) is 3.28. The highest BCUT2D eigenvalue weighted by molar-refractivity contribution is 6.00. The van der Waals surface area contributed by atoms with Gasteiger partial charge in [-0.05, 0) is 50.6 Å². The number of nitro groups is 1. The lowest BCUT2D eigenvalue weighted by Crippen LogP contribution is -2.35. The predicted octanol–water partition coefficient (Wildman–Crippen LogP) is 3.79. The highest BCUT2D eigenvalue weighted by atomic mass is 16.6. The van der Waals surface area contributed by atoms with Crippen LogP contribution in [0.15, 0.2) is 42.5 Å². The number of amides is 1. The summed E-state index contributed by atoms with van der Waals surface area (Å²) in [4.78, 5) is 28.1. The lowest BCUT2D eigenvalue weighted by molar-refractivity contribution is -0.384. The van der Waals surface area contributed by atoms with Crippen LogP contribution in [-0.4, -0.2) is 49.5 Å². The third kappa shape index (κ3) is 4.97. The van der Waals surface area contributed by atoms with Crippen LogP contribution in [0, 0.1) is 10.1 Å². The Hall–Kier alpha value is -2.93. The standard InChI is InChI=1S/C23H30N4O3/c1-4-17-7-9-18(10-8-17)22(25(2)3)16-24-23(28)20-15-19(27(29)30)11-12-21(20)26-13-5-6-14-26/h7-12,15,22H,4-6,13-14,16H2,1-3H3,(H,24,28). The van der Waals surface area contributed by atoms with E-state index >= 15 is 0 Å². The third-order valence-corrected chi connectivity index (χ3v) is 5.73. The highest BCUT2D eigenvalue weighted by Crippen LogP contribution is 2.28. The molecular weight excluding hydrogens is 380 g/mol. The van der Waals surface area contributed by atoms with E-state index in [2.05, 4.69) is 46.3 Å². The quantitative estimate of drug-likeness (QED) is 0.529. The normalized spacial score (nSPS) is 14.7. The van der Waals surface area contributed by atoms with Gasteiger partial charge in [-0.25, -0.2) is 0 Å². The summed E-state index contributed by atoms with van der Waals surface area (Å²) in [6.45, 7) is 4.26. The van der Waals surface area contributed by atoms with Gasteiger partial charge in [0.25, 0.3) is 11.6 Å². The zero-order chi connectivity index (χ0) is 21.7. The van der Waals surface area contributed by atoms with Crippen LogP contribution in [0.3, 0.4) is 0 Å². The van der Waals surface area contributed by atoms with E-state index < -0.39 is 4.92 Å². The van der Waals surface area contributed by atoms with E-state index in [4.69, 9.17) is 0 Å². The van der Waals surface area contributed by atoms with Gasteiger partial charge in [-0.2, -0.15) is 0 Å². The maximum Gasteiger partial charge on any atom is 0.270 e. The predicted molar refractivity (Wildman–Crippen MR) is 119 cm³/mol. The molecule has 0 aliphatic carbocycles. The molecule has 0 saturated carbocycles. The molecule has 1 fully saturated rings. The Morgan fingerprint density at radius 1 is 1.17 bits per heavy atom. The number of benzene rings is 2. The molecule has 160 valence electrons. The first kappa shape index (κ1) is 21.8. The summed E-state index contributed by atoms with van der Waals surface area (Å²) in [7, 11) is 3.96. The molecule has 2 aromatic carbocycles. The number of carbonyl (C=O) groups excluding carboxylic acids is 1. The molecule has 3 rings (SSSR count). The van der Waals surface area contributed by atoms with E-state index in [1.54, 1.807) is 6.07 Å². The summed E-state index contributed by atoms with van der Waals surface area (Å²) in [6, 6.07) is 13.0. The zero-order valence-corrected chi connectivity index (χ0v) is 17.9. The minimum absolute atomic E-state index is 0.00814. The van der Waals surface area contributed by atoms with E-state index in [9.17, 15) is 14.9 Å². The Bertz CT molecular complexity index is 890. The van der Waals surface area contributed by atoms with Crippen LogP contribution in [-0.2, 0) is 6.42 Å². The SMILES string of the molecule is CCc1ccc(C(CNC(=O)c2cc([N+](=O)[O-])ccc2N2CCCC2)N(C)C)cc1. The Kier molecular flexibility index (Phi) is 7.05. The fourth-order valence-electron chi connectivity index (χ4n) is 3.91. The maximum atomic E-state index is 13.1. The number of nitrogens with zero attached hydrogens (tertiary/aromatic N) is 3. The van der Waals surface area contributed by atoms with E-state index in [1.807, 2.05) is 14.1 Å². The van der Waals surface area contributed by atoms with Crippen molar-refractivity contribution < 1.29 is 9.72 Å². The van der Waals surface area contributed by atoms with Crippen LogP contribution in [0.25, 0.3) is 0 Å². The number of hydrogen-bond donors (Lipinski definition) is 1. The van der Waals surface area contributed by atoms with Crippen LogP contribution < -0.4 is 10.2 Å². The third-order valence-electron chi connectivity index (χ3n) is 5.73. The number of nitro benzene ring substituents is 1. The first-order chi connectivity index (χ1) is 14.4. The summed E-state index contributed by atoms with van der Waals surface area (Å²) >= 11 is 0. The van der Waals surface area contributed by atoms with Crippen molar-refractivity contribution in [2.45, 2.75) is 32.2 Å². The Labute approximate surface area is 177 Å². The number of carbonyl (C=O) groups is 1. The van der Waals surface area contributed by atoms with Gasteiger partial charge in [0.2, 0.25) is 0 Å². The van der Waals surface area contributed by atoms with Crippen molar-refractivity contribution >= 4 is 17.3 Å². The Morgan fingerprint density at radius 2 is 1.83 bits per heavy atom. The molecule has 0 spiro atoms. The Balaban J connectivity index is 1.80. The fraction of sp³-hybridized carbons (Fsp3) is 0.435. The molecular formula is C23H30N4O3. The van der Waals surface area contributed by atoms with Gasteiger partial charge in [-0.1, -0.05) is 31.2 Å². The molecule has 1 saturated heterocycles. The van der Waals surface area contributed by atoms with Gasteiger partial charge in [0.15, 0.2) is 0 Å². The van der Waals surface area contributed by atoms with Gasteiger partial charge in [0, 0.05) is 31.8 Å². The van der Waals surface area contributed by atoms with E-state index in [1.165, 1.54) is 17.7 Å². The molecule has 1 amide bonds. The van der Waals surface area contributed by atoms with Crippen LogP contribution in [0.2, 0.25) is 0 Å². The van der Waals surface area contributed by atoms with Gasteiger partial charge >= 0.3 is 0 Å². The molecule has 1 atom stereocenters. The van der Waals surface area contributed by atoms with Crippen molar-refractivity contribution in [3.63, 3.8) is 0 Å². The lowest BCUT2D eigenvalue weighted by Gasteiger charge is -2.26. The summed E-state index contributed by atoms with van der Waals surface area (Å²) in [5, 5.41) is 14.3. The molecule has 1 unspecified atom stereocenters. The number of nitrogens with one attached hydrogen (secondary N) is 1. The monoisotopic (exact) mass is 410 g/mol. The number of aryl methyl sites for hydroxylation is 1. The molecule has 0 radical (unpaired) electrons. The summed E-state index contributed by atoms with van der Waals surface area (Å²) < 4.78 is 0. The van der Waals surface area contributed by atoms with Gasteiger partial charge in [-0.15, -0.1) is 0 Å². The largest absolute Gasteiger partial charge is 0.371 e. The molecule has 0 bridgehead atoms. The fourth-order valence-corrected chi connectivity index (χ4v) is 3.91. The minimum atomic E-state index is -0.456.